The molecule has 0 aliphatic carbocycles. The van der Waals surface area contributed by atoms with Crippen LogP contribution >= 0.6 is 0 Å². The van der Waals surface area contributed by atoms with Gasteiger partial charge in [-0.15, -0.1) is 0 Å². The van der Waals surface area contributed by atoms with E-state index < -0.39 is 37.2 Å². The molecule has 0 atom stereocenters. The molecular weight excluding hydrogens is 296 g/mol. The first-order valence-corrected chi connectivity index (χ1v) is 4.96. The van der Waals surface area contributed by atoms with Crippen molar-refractivity contribution in [3.05, 3.63) is 24.0 Å². The average molecular weight is 303 g/mol. The molecule has 1 heterocycles. The molecule has 20 heavy (non-hydrogen) atoms. The maximum Gasteiger partial charge on any atom is 0.422 e. The molecule has 112 valence electrons. The molecule has 1 aromatic rings. The minimum absolute atomic E-state index is 0.283. The third kappa shape index (κ3) is 6.25. The fourth-order valence-corrected chi connectivity index (χ4v) is 0.973. The Morgan fingerprint density at radius 1 is 1.05 bits per heavy atom. The predicted molar refractivity (Wildman–Crippen MR) is 52.1 cm³/mol. The van der Waals surface area contributed by atoms with Crippen molar-refractivity contribution in [1.82, 2.24) is 4.98 Å². The van der Waals surface area contributed by atoms with E-state index in [0.29, 0.717) is 0 Å². The fraction of sp³-hybridized carbons (Fsp3) is 0.400. The highest BCUT2D eigenvalue weighted by atomic mass is 19.4. The second kappa shape index (κ2) is 5.97. The van der Waals surface area contributed by atoms with Crippen molar-refractivity contribution in [2.24, 2.45) is 0 Å². The van der Waals surface area contributed by atoms with Gasteiger partial charge in [0.05, 0.1) is 6.20 Å². The van der Waals surface area contributed by atoms with Gasteiger partial charge in [0.2, 0.25) is 0 Å². The van der Waals surface area contributed by atoms with Crippen LogP contribution in [0.3, 0.4) is 0 Å². The zero-order chi connectivity index (χ0) is 15.4. The van der Waals surface area contributed by atoms with Gasteiger partial charge in [0.25, 0.3) is 0 Å². The quantitative estimate of drug-likeness (QED) is 0.634. The first-order valence-electron chi connectivity index (χ1n) is 4.96. The molecule has 1 aromatic heterocycles. The Kier molecular flexibility index (Phi) is 4.79. The third-order valence-electron chi connectivity index (χ3n) is 1.71. The molecule has 0 spiro atoms. The van der Waals surface area contributed by atoms with Crippen molar-refractivity contribution in [3.8, 4) is 5.75 Å². The van der Waals surface area contributed by atoms with Gasteiger partial charge >= 0.3 is 18.3 Å². The Morgan fingerprint density at radius 2 is 1.65 bits per heavy atom. The second-order valence-electron chi connectivity index (χ2n) is 3.47. The molecule has 0 amide bonds. The van der Waals surface area contributed by atoms with Crippen molar-refractivity contribution < 1.29 is 40.6 Å². The van der Waals surface area contributed by atoms with Crippen molar-refractivity contribution in [2.45, 2.75) is 12.4 Å². The lowest BCUT2D eigenvalue weighted by Gasteiger charge is -2.09. The Balaban J connectivity index is 2.56. The molecule has 0 fully saturated rings. The molecular formula is C10H7F6NO3. The number of carbonyl (C=O) groups excluding carboxylic acids is 1. The largest absolute Gasteiger partial charge is 0.483 e. The average Bonchev–Trinajstić information content (AvgIpc) is 2.32. The first-order chi connectivity index (χ1) is 9.07. The van der Waals surface area contributed by atoms with E-state index in [0.717, 1.165) is 18.3 Å². The van der Waals surface area contributed by atoms with Crippen LogP contribution in [0.2, 0.25) is 0 Å². The highest BCUT2D eigenvalue weighted by Gasteiger charge is 2.30. The van der Waals surface area contributed by atoms with Crippen molar-refractivity contribution in [1.29, 1.82) is 0 Å². The maximum absolute atomic E-state index is 11.8. The summed E-state index contributed by atoms with van der Waals surface area (Å²) in [6.07, 6.45) is -8.44. The third-order valence-corrected chi connectivity index (χ3v) is 1.71. The molecule has 0 aliphatic heterocycles. The number of aromatic nitrogens is 1. The number of esters is 1. The van der Waals surface area contributed by atoms with E-state index in [-0.39, 0.29) is 5.75 Å². The highest BCUT2D eigenvalue weighted by molar-refractivity contribution is 5.87. The summed E-state index contributed by atoms with van der Waals surface area (Å²) in [4.78, 5) is 14.5. The molecule has 10 heteroatoms. The number of pyridine rings is 1. The summed E-state index contributed by atoms with van der Waals surface area (Å²) in [5.74, 6) is -1.63. The molecule has 4 nitrogen and oxygen atoms in total. The smallest absolute Gasteiger partial charge is 0.422 e. The standard InChI is InChI=1S/C10H7F6NO3/c11-9(12,13)4-19-6-1-2-7(17-3-6)8(18)20-5-10(14,15)16/h1-3H,4-5H2. The minimum Gasteiger partial charge on any atom is -0.483 e. The van der Waals surface area contributed by atoms with E-state index in [1.165, 1.54) is 0 Å². The Bertz CT molecular complexity index is 454. The van der Waals surface area contributed by atoms with Crippen molar-refractivity contribution >= 4 is 5.97 Å². The number of hydrogen-bond donors (Lipinski definition) is 0. The summed E-state index contributed by atoms with van der Waals surface area (Å²) in [6, 6.07) is 1.85. The van der Waals surface area contributed by atoms with E-state index in [2.05, 4.69) is 14.5 Å². The topological polar surface area (TPSA) is 48.4 Å². The van der Waals surface area contributed by atoms with Gasteiger partial charge < -0.3 is 9.47 Å². The monoisotopic (exact) mass is 303 g/mol. The van der Waals surface area contributed by atoms with Gasteiger partial charge in [0.15, 0.2) is 13.2 Å². The second-order valence-corrected chi connectivity index (χ2v) is 3.47. The molecule has 0 radical (unpaired) electrons. The molecule has 0 saturated carbocycles. The zero-order valence-electron chi connectivity index (χ0n) is 9.59. The van der Waals surface area contributed by atoms with E-state index in [1.807, 2.05) is 0 Å². The Labute approximate surface area is 108 Å². The molecule has 0 N–H and O–H groups in total. The van der Waals surface area contributed by atoms with Gasteiger partial charge in [-0.2, -0.15) is 26.3 Å². The number of ether oxygens (including phenoxy) is 2. The molecule has 0 aromatic carbocycles. The van der Waals surface area contributed by atoms with Crippen LogP contribution in [0.4, 0.5) is 26.3 Å². The number of rotatable bonds is 4. The van der Waals surface area contributed by atoms with Crippen molar-refractivity contribution in [3.63, 3.8) is 0 Å². The molecule has 1 rings (SSSR count). The number of alkyl halides is 6. The lowest BCUT2D eigenvalue weighted by atomic mass is 10.3. The van der Waals surface area contributed by atoms with Gasteiger partial charge in [0, 0.05) is 0 Å². The molecule has 0 unspecified atom stereocenters. The van der Waals surface area contributed by atoms with Gasteiger partial charge in [-0.25, -0.2) is 9.78 Å². The van der Waals surface area contributed by atoms with Crippen LogP contribution in [-0.4, -0.2) is 36.5 Å². The van der Waals surface area contributed by atoms with Gasteiger partial charge in [-0.05, 0) is 12.1 Å². The maximum atomic E-state index is 11.8. The first kappa shape index (κ1) is 16.1. The lowest BCUT2D eigenvalue weighted by molar-refractivity contribution is -0.161. The zero-order valence-corrected chi connectivity index (χ0v) is 9.59. The fourth-order valence-electron chi connectivity index (χ4n) is 0.973. The van der Waals surface area contributed by atoms with Crippen LogP contribution in [0.25, 0.3) is 0 Å². The normalized spacial score (nSPS) is 12.1. The van der Waals surface area contributed by atoms with Gasteiger partial charge in [-0.1, -0.05) is 0 Å². The Morgan fingerprint density at radius 3 is 2.10 bits per heavy atom. The summed E-state index contributed by atoms with van der Waals surface area (Å²) < 4.78 is 79.1. The molecule has 0 aliphatic rings. The summed E-state index contributed by atoms with van der Waals surface area (Å²) >= 11 is 0. The van der Waals surface area contributed by atoms with E-state index in [9.17, 15) is 31.1 Å². The van der Waals surface area contributed by atoms with Crippen molar-refractivity contribution in [2.75, 3.05) is 13.2 Å². The summed E-state index contributed by atoms with van der Waals surface area (Å²) in [5.41, 5.74) is -0.478. The van der Waals surface area contributed by atoms with Gasteiger partial charge in [-0.3, -0.25) is 0 Å². The Hall–Kier alpha value is -2.00. The number of carbonyl (C=O) groups is 1. The predicted octanol–water partition coefficient (Wildman–Crippen LogP) is 2.74. The summed E-state index contributed by atoms with van der Waals surface area (Å²) in [6.45, 7) is -3.33. The highest BCUT2D eigenvalue weighted by Crippen LogP contribution is 2.18. The van der Waals surface area contributed by atoms with E-state index >= 15 is 0 Å². The minimum atomic E-state index is -4.68. The van der Waals surface area contributed by atoms with E-state index in [4.69, 9.17) is 0 Å². The number of hydrogen-bond acceptors (Lipinski definition) is 4. The summed E-state index contributed by atoms with van der Waals surface area (Å²) in [5, 5.41) is 0. The van der Waals surface area contributed by atoms with Crippen LogP contribution in [0.15, 0.2) is 18.3 Å². The lowest BCUT2D eigenvalue weighted by Crippen LogP contribution is -2.21. The van der Waals surface area contributed by atoms with E-state index in [1.54, 1.807) is 0 Å². The molecule has 0 bridgehead atoms. The van der Waals surface area contributed by atoms with Crippen LogP contribution < -0.4 is 4.74 Å². The van der Waals surface area contributed by atoms with Crippen LogP contribution in [0.5, 0.6) is 5.75 Å². The number of nitrogens with zero attached hydrogens (tertiary/aromatic N) is 1. The van der Waals surface area contributed by atoms with Crippen LogP contribution in [-0.2, 0) is 4.74 Å². The molecule has 0 saturated heterocycles. The summed E-state index contributed by atoms with van der Waals surface area (Å²) in [7, 11) is 0. The van der Waals surface area contributed by atoms with Crippen LogP contribution in [0.1, 0.15) is 10.5 Å². The SMILES string of the molecule is O=C(OCC(F)(F)F)c1ccc(OCC(F)(F)F)cn1. The van der Waals surface area contributed by atoms with Crippen LogP contribution in [0, 0.1) is 0 Å². The van der Waals surface area contributed by atoms with Gasteiger partial charge in [0.1, 0.15) is 11.4 Å². The number of halogens is 6.